The molecule has 0 saturated carbocycles. The van der Waals surface area contributed by atoms with Crippen molar-refractivity contribution < 1.29 is 9.59 Å². The highest BCUT2D eigenvalue weighted by Gasteiger charge is 2.17. The summed E-state index contributed by atoms with van der Waals surface area (Å²) >= 11 is 5.95. The van der Waals surface area contributed by atoms with E-state index >= 15 is 0 Å². The highest BCUT2D eigenvalue weighted by Crippen LogP contribution is 2.31. The maximum Gasteiger partial charge on any atom is 0.255 e. The van der Waals surface area contributed by atoms with E-state index in [1.807, 2.05) is 18.2 Å². The minimum Gasteiger partial charge on any atom is -0.355 e. The summed E-state index contributed by atoms with van der Waals surface area (Å²) in [6.45, 7) is 0. The van der Waals surface area contributed by atoms with Gasteiger partial charge in [-0.1, -0.05) is 29.8 Å². The summed E-state index contributed by atoms with van der Waals surface area (Å²) in [5, 5.41) is 6.85. The predicted octanol–water partition coefficient (Wildman–Crippen LogP) is 4.50. The van der Waals surface area contributed by atoms with E-state index in [0.717, 1.165) is 16.5 Å². The number of benzene rings is 2. The SMILES string of the molecule is CNC(=O)c1cnc2[nH]ccc2c1-c1ccc(NC(=O)c2cccc(Cl)c2)cc1. The van der Waals surface area contributed by atoms with Crippen LogP contribution in [-0.2, 0) is 0 Å². The molecule has 0 bridgehead atoms. The quantitative estimate of drug-likeness (QED) is 0.468. The Morgan fingerprint density at radius 2 is 1.83 bits per heavy atom. The lowest BCUT2D eigenvalue weighted by Crippen LogP contribution is -2.19. The lowest BCUT2D eigenvalue weighted by Gasteiger charge is -2.11. The second-order valence-corrected chi connectivity index (χ2v) is 6.84. The molecule has 4 aromatic rings. The molecule has 0 aliphatic heterocycles. The van der Waals surface area contributed by atoms with Gasteiger partial charge in [0.15, 0.2) is 0 Å². The molecule has 7 heteroatoms. The van der Waals surface area contributed by atoms with Crippen LogP contribution in [0.25, 0.3) is 22.2 Å². The third kappa shape index (κ3) is 3.70. The minimum absolute atomic E-state index is 0.214. The molecule has 0 radical (unpaired) electrons. The van der Waals surface area contributed by atoms with Crippen LogP contribution in [-0.4, -0.2) is 28.8 Å². The average molecular weight is 405 g/mol. The molecule has 0 unspecified atom stereocenters. The normalized spacial score (nSPS) is 10.7. The van der Waals surface area contributed by atoms with Crippen LogP contribution in [0.1, 0.15) is 20.7 Å². The summed E-state index contributed by atoms with van der Waals surface area (Å²) in [4.78, 5) is 32.1. The minimum atomic E-state index is -0.247. The number of nitrogens with one attached hydrogen (secondary N) is 3. The van der Waals surface area contributed by atoms with Crippen LogP contribution < -0.4 is 10.6 Å². The highest BCUT2D eigenvalue weighted by atomic mass is 35.5. The van der Waals surface area contributed by atoms with E-state index in [4.69, 9.17) is 11.6 Å². The zero-order valence-corrected chi connectivity index (χ0v) is 16.2. The Morgan fingerprint density at radius 3 is 2.55 bits per heavy atom. The van der Waals surface area contributed by atoms with Gasteiger partial charge in [0.05, 0.1) is 5.56 Å². The first kappa shape index (κ1) is 18.7. The Kier molecular flexibility index (Phi) is 5.01. The van der Waals surface area contributed by atoms with Crippen LogP contribution in [0.3, 0.4) is 0 Å². The number of fused-ring (bicyclic) bond motifs is 1. The number of rotatable bonds is 4. The molecule has 4 rings (SSSR count). The number of amides is 2. The van der Waals surface area contributed by atoms with Crippen LogP contribution in [0.2, 0.25) is 5.02 Å². The number of H-pyrrole nitrogens is 1. The Balaban J connectivity index is 1.67. The summed E-state index contributed by atoms with van der Waals surface area (Å²) in [5.41, 5.74) is 3.92. The zero-order chi connectivity index (χ0) is 20.4. The molecule has 3 N–H and O–H groups in total. The van der Waals surface area contributed by atoms with Crippen molar-refractivity contribution in [1.29, 1.82) is 0 Å². The van der Waals surface area contributed by atoms with Crippen molar-refractivity contribution in [2.75, 3.05) is 12.4 Å². The van der Waals surface area contributed by atoms with Gasteiger partial charge in [-0.2, -0.15) is 0 Å². The van der Waals surface area contributed by atoms with E-state index in [1.165, 1.54) is 0 Å². The van der Waals surface area contributed by atoms with Crippen LogP contribution in [0, 0.1) is 0 Å². The number of hydrogen-bond acceptors (Lipinski definition) is 3. The maximum atomic E-state index is 12.4. The fourth-order valence-electron chi connectivity index (χ4n) is 3.18. The Morgan fingerprint density at radius 1 is 1.03 bits per heavy atom. The molecule has 6 nitrogen and oxygen atoms in total. The molecule has 2 aromatic carbocycles. The van der Waals surface area contributed by atoms with Crippen LogP contribution in [0.4, 0.5) is 5.69 Å². The lowest BCUT2D eigenvalue weighted by atomic mass is 9.97. The van der Waals surface area contributed by atoms with Gasteiger partial charge in [-0.05, 0) is 42.0 Å². The molecule has 2 aromatic heterocycles. The van der Waals surface area contributed by atoms with Crippen molar-refractivity contribution in [3.63, 3.8) is 0 Å². The van der Waals surface area contributed by atoms with E-state index in [-0.39, 0.29) is 11.8 Å². The number of hydrogen-bond donors (Lipinski definition) is 3. The number of aromatic nitrogens is 2. The van der Waals surface area contributed by atoms with E-state index in [9.17, 15) is 9.59 Å². The van der Waals surface area contributed by atoms with Crippen LogP contribution in [0.5, 0.6) is 0 Å². The van der Waals surface area contributed by atoms with Crippen molar-refractivity contribution in [3.05, 3.63) is 83.1 Å². The van der Waals surface area contributed by atoms with Crippen molar-refractivity contribution in [2.45, 2.75) is 0 Å². The number of carbonyl (C=O) groups excluding carboxylic acids is 2. The monoisotopic (exact) mass is 404 g/mol. The first-order chi connectivity index (χ1) is 14.1. The van der Waals surface area contributed by atoms with Crippen LogP contribution in [0.15, 0.2) is 67.0 Å². The van der Waals surface area contributed by atoms with Gasteiger partial charge in [-0.15, -0.1) is 0 Å². The molecule has 0 fully saturated rings. The van der Waals surface area contributed by atoms with Gasteiger partial charge in [0.2, 0.25) is 0 Å². The maximum absolute atomic E-state index is 12.4. The largest absolute Gasteiger partial charge is 0.355 e. The number of aromatic amines is 1. The molecular weight excluding hydrogens is 388 g/mol. The predicted molar refractivity (Wildman–Crippen MR) is 114 cm³/mol. The molecule has 0 atom stereocenters. The summed E-state index contributed by atoms with van der Waals surface area (Å²) in [7, 11) is 1.59. The molecule has 0 aliphatic carbocycles. The molecule has 0 saturated heterocycles. The Labute approximate surface area is 171 Å². The molecule has 2 heterocycles. The first-order valence-electron chi connectivity index (χ1n) is 8.92. The third-order valence-electron chi connectivity index (χ3n) is 4.58. The second-order valence-electron chi connectivity index (χ2n) is 6.41. The lowest BCUT2D eigenvalue weighted by molar-refractivity contribution is 0.0962. The zero-order valence-electron chi connectivity index (χ0n) is 15.5. The van der Waals surface area contributed by atoms with Crippen molar-refractivity contribution in [2.24, 2.45) is 0 Å². The van der Waals surface area contributed by atoms with Gasteiger partial charge in [0.1, 0.15) is 5.65 Å². The van der Waals surface area contributed by atoms with E-state index < -0.39 is 0 Å². The van der Waals surface area contributed by atoms with Gasteiger partial charge >= 0.3 is 0 Å². The Bertz CT molecular complexity index is 1220. The third-order valence-corrected chi connectivity index (χ3v) is 4.81. The molecular formula is C22H17ClN4O2. The summed E-state index contributed by atoms with van der Waals surface area (Å²) in [5.74, 6) is -0.461. The van der Waals surface area contributed by atoms with Gasteiger partial charge in [0.25, 0.3) is 11.8 Å². The van der Waals surface area contributed by atoms with Crippen LogP contribution >= 0.6 is 11.6 Å². The fraction of sp³-hybridized carbons (Fsp3) is 0.0455. The van der Waals surface area contributed by atoms with Gasteiger partial charge in [-0.25, -0.2) is 4.98 Å². The van der Waals surface area contributed by atoms with Gasteiger partial charge < -0.3 is 15.6 Å². The smallest absolute Gasteiger partial charge is 0.255 e. The number of nitrogens with zero attached hydrogens (tertiary/aromatic N) is 1. The standard InChI is InChI=1S/C22H17ClN4O2/c1-24-22(29)18-12-26-20-17(9-10-25-20)19(18)13-5-7-16(8-6-13)27-21(28)14-3-2-4-15(23)11-14/h2-12H,1H3,(H,24,29)(H,25,26)(H,27,28). The molecule has 144 valence electrons. The first-order valence-corrected chi connectivity index (χ1v) is 9.30. The average Bonchev–Trinajstić information content (AvgIpc) is 3.22. The second kappa shape index (κ2) is 7.77. The fourth-order valence-corrected chi connectivity index (χ4v) is 3.37. The number of carbonyl (C=O) groups is 2. The van der Waals surface area contributed by atoms with E-state index in [0.29, 0.717) is 27.5 Å². The van der Waals surface area contributed by atoms with Gasteiger partial charge in [-0.3, -0.25) is 9.59 Å². The van der Waals surface area contributed by atoms with E-state index in [1.54, 1.807) is 55.8 Å². The number of halogens is 1. The Hall–Kier alpha value is -3.64. The summed E-state index contributed by atoms with van der Waals surface area (Å²) < 4.78 is 0. The molecule has 0 aliphatic rings. The summed E-state index contributed by atoms with van der Waals surface area (Å²) in [6.07, 6.45) is 3.34. The molecule has 0 spiro atoms. The number of pyridine rings is 1. The van der Waals surface area contributed by atoms with Gasteiger partial charge in [0, 0.05) is 46.7 Å². The van der Waals surface area contributed by atoms with Crippen molar-refractivity contribution >= 4 is 40.1 Å². The summed E-state index contributed by atoms with van der Waals surface area (Å²) in [6, 6.07) is 16.0. The molecule has 2 amide bonds. The highest BCUT2D eigenvalue weighted by molar-refractivity contribution is 6.31. The topological polar surface area (TPSA) is 86.9 Å². The molecule has 29 heavy (non-hydrogen) atoms. The van der Waals surface area contributed by atoms with Crippen molar-refractivity contribution in [1.82, 2.24) is 15.3 Å². The number of anilines is 1. The van der Waals surface area contributed by atoms with E-state index in [2.05, 4.69) is 20.6 Å². The van der Waals surface area contributed by atoms with Crippen molar-refractivity contribution in [3.8, 4) is 11.1 Å².